The van der Waals surface area contributed by atoms with Crippen LogP contribution in [0.2, 0.25) is 5.02 Å². The highest BCUT2D eigenvalue weighted by Crippen LogP contribution is 2.63. The number of hydrogen-bond donors (Lipinski definition) is 0. The van der Waals surface area contributed by atoms with Crippen molar-refractivity contribution in [1.29, 1.82) is 0 Å². The molecule has 2 aromatic rings. The molecule has 0 aromatic heterocycles. The molecule has 4 nitrogen and oxygen atoms in total. The second-order valence-electron chi connectivity index (χ2n) is 5.56. The average Bonchev–Trinajstić information content (AvgIpc) is 2.50. The Bertz CT molecular complexity index is 866. The van der Waals surface area contributed by atoms with Gasteiger partial charge in [0.05, 0.1) is 0 Å². The van der Waals surface area contributed by atoms with Gasteiger partial charge in [-0.3, -0.25) is 4.52 Å². The maximum Gasteiger partial charge on any atom is 0.588 e. The van der Waals surface area contributed by atoms with Crippen LogP contribution in [-0.4, -0.2) is 3.79 Å². The van der Waals surface area contributed by atoms with Gasteiger partial charge in [0.1, 0.15) is 17.6 Å². The minimum atomic E-state index is -4.09. The summed E-state index contributed by atoms with van der Waals surface area (Å²) in [4.78, 5) is 0. The normalized spacial score (nSPS) is 22.9. The van der Waals surface area contributed by atoms with Crippen molar-refractivity contribution in [3.8, 4) is 11.5 Å². The molecule has 0 saturated heterocycles. The molecule has 2 atom stereocenters. The lowest BCUT2D eigenvalue weighted by molar-refractivity contribution is 0.125. The molecular formula is C16H13Cl4O4P. The van der Waals surface area contributed by atoms with Crippen LogP contribution in [0.15, 0.2) is 36.4 Å². The summed E-state index contributed by atoms with van der Waals surface area (Å²) in [6.45, 7) is 3.54. The van der Waals surface area contributed by atoms with E-state index in [0.29, 0.717) is 27.6 Å². The summed E-state index contributed by atoms with van der Waals surface area (Å²) in [5.74, 6) is 0.618. The minimum Gasteiger partial charge on any atom is -0.395 e. The molecule has 0 bridgehead atoms. The van der Waals surface area contributed by atoms with Gasteiger partial charge in [-0.05, 0) is 43.2 Å². The van der Waals surface area contributed by atoms with Gasteiger partial charge < -0.3 is 9.05 Å². The smallest absolute Gasteiger partial charge is 0.395 e. The van der Waals surface area contributed by atoms with Crippen molar-refractivity contribution in [2.75, 3.05) is 0 Å². The molecule has 0 spiro atoms. The van der Waals surface area contributed by atoms with Crippen LogP contribution in [0.25, 0.3) is 0 Å². The van der Waals surface area contributed by atoms with Crippen molar-refractivity contribution in [1.82, 2.24) is 0 Å². The number of fused-ring (bicyclic) bond motifs is 1. The lowest BCUT2D eigenvalue weighted by atomic mass is 10.1. The molecule has 0 radical (unpaired) electrons. The first-order chi connectivity index (χ1) is 11.6. The van der Waals surface area contributed by atoms with Gasteiger partial charge in [-0.25, -0.2) is 4.57 Å². The molecule has 1 aliphatic rings. The number of para-hydroxylation sites is 1. The summed E-state index contributed by atoms with van der Waals surface area (Å²) in [7, 11) is -4.09. The number of aryl methyl sites for hydroxylation is 2. The Kier molecular flexibility index (Phi) is 5.25. The van der Waals surface area contributed by atoms with E-state index in [9.17, 15) is 4.57 Å². The van der Waals surface area contributed by atoms with Crippen LogP contribution in [-0.2, 0) is 9.09 Å². The van der Waals surface area contributed by atoms with E-state index in [1.807, 2.05) is 0 Å². The van der Waals surface area contributed by atoms with Gasteiger partial charge >= 0.3 is 7.82 Å². The number of alkyl halides is 3. The quantitative estimate of drug-likeness (QED) is 0.373. The SMILES string of the molecule is Cc1cc(Cl)ccc1OP1(=O)Oc2c(C)cccc2C(C(Cl)(Cl)Cl)O1. The minimum absolute atomic E-state index is 0.299. The molecule has 2 aromatic carbocycles. The monoisotopic (exact) mass is 440 g/mol. The summed E-state index contributed by atoms with van der Waals surface area (Å²) in [5, 5.41) is 0.522. The van der Waals surface area contributed by atoms with Crippen molar-refractivity contribution in [3.05, 3.63) is 58.1 Å². The number of phosphoric acid groups is 1. The molecule has 0 amide bonds. The Morgan fingerprint density at radius 3 is 2.48 bits per heavy atom. The van der Waals surface area contributed by atoms with E-state index >= 15 is 0 Å². The highest BCUT2D eigenvalue weighted by molar-refractivity contribution is 7.49. The molecule has 0 fully saturated rings. The van der Waals surface area contributed by atoms with Crippen LogP contribution in [0.1, 0.15) is 22.8 Å². The maximum absolute atomic E-state index is 13.1. The largest absolute Gasteiger partial charge is 0.588 e. The fourth-order valence-electron chi connectivity index (χ4n) is 2.44. The Hall–Kier alpha value is -0.610. The highest BCUT2D eigenvalue weighted by Gasteiger charge is 2.49. The molecule has 3 rings (SSSR count). The number of halogens is 4. The topological polar surface area (TPSA) is 44.8 Å². The summed E-state index contributed by atoms with van der Waals surface area (Å²) < 4.78 is 27.9. The fourth-order valence-corrected chi connectivity index (χ4v) is 4.91. The second-order valence-corrected chi connectivity index (χ2v) is 9.84. The third kappa shape index (κ3) is 4.05. The summed E-state index contributed by atoms with van der Waals surface area (Å²) in [5.41, 5.74) is 1.87. The molecule has 0 N–H and O–H groups in total. The average molecular weight is 442 g/mol. The van der Waals surface area contributed by atoms with E-state index in [-0.39, 0.29) is 0 Å². The van der Waals surface area contributed by atoms with E-state index in [1.165, 1.54) is 0 Å². The first kappa shape index (κ1) is 19.2. The van der Waals surface area contributed by atoms with Gasteiger partial charge in [-0.15, -0.1) is 0 Å². The zero-order valence-corrected chi connectivity index (χ0v) is 17.1. The van der Waals surface area contributed by atoms with E-state index in [1.54, 1.807) is 50.2 Å². The van der Waals surface area contributed by atoms with Crippen LogP contribution < -0.4 is 9.05 Å². The molecule has 25 heavy (non-hydrogen) atoms. The zero-order valence-electron chi connectivity index (χ0n) is 13.1. The van der Waals surface area contributed by atoms with Crippen LogP contribution in [0.5, 0.6) is 11.5 Å². The molecule has 1 heterocycles. The van der Waals surface area contributed by atoms with Gasteiger partial charge in [0, 0.05) is 10.6 Å². The van der Waals surface area contributed by atoms with Crippen molar-refractivity contribution in [3.63, 3.8) is 0 Å². The zero-order chi connectivity index (χ0) is 18.4. The highest BCUT2D eigenvalue weighted by atomic mass is 35.6. The van der Waals surface area contributed by atoms with Crippen molar-refractivity contribution >= 4 is 54.2 Å². The molecule has 9 heteroatoms. The van der Waals surface area contributed by atoms with Gasteiger partial charge in [0.15, 0.2) is 0 Å². The molecule has 0 aliphatic carbocycles. The molecule has 0 saturated carbocycles. The predicted molar refractivity (Wildman–Crippen MR) is 100 cm³/mol. The van der Waals surface area contributed by atoms with E-state index in [0.717, 1.165) is 5.56 Å². The third-order valence-corrected chi connectivity index (χ3v) is 5.73. The second kappa shape index (κ2) is 6.84. The van der Waals surface area contributed by atoms with Crippen LogP contribution >= 0.6 is 54.2 Å². The summed E-state index contributed by atoms with van der Waals surface area (Å²) >= 11 is 24.0. The molecule has 134 valence electrons. The number of phosphoric ester groups is 1. The number of hydrogen-bond acceptors (Lipinski definition) is 4. The Morgan fingerprint density at radius 1 is 1.12 bits per heavy atom. The van der Waals surface area contributed by atoms with E-state index in [4.69, 9.17) is 60.0 Å². The molecular weight excluding hydrogens is 429 g/mol. The fraction of sp³-hybridized carbons (Fsp3) is 0.250. The lowest BCUT2D eigenvalue weighted by Crippen LogP contribution is -2.26. The van der Waals surface area contributed by atoms with Crippen molar-refractivity contribution in [2.45, 2.75) is 23.7 Å². The Balaban J connectivity index is 2.03. The van der Waals surface area contributed by atoms with Crippen LogP contribution in [0.4, 0.5) is 0 Å². The Morgan fingerprint density at radius 2 is 1.84 bits per heavy atom. The Labute approximate surface area is 165 Å². The standard InChI is InChI=1S/C16H13Cl4O4P/c1-9-4-3-5-12-14(9)23-25(21,24-15(12)16(18,19)20)22-13-7-6-11(17)8-10(13)2/h3-8,15H,1-2H3. The third-order valence-electron chi connectivity index (χ3n) is 3.61. The van der Waals surface area contributed by atoms with Crippen LogP contribution in [0, 0.1) is 13.8 Å². The van der Waals surface area contributed by atoms with Crippen molar-refractivity contribution in [2.24, 2.45) is 0 Å². The summed E-state index contributed by atoms with van der Waals surface area (Å²) in [6.07, 6.45) is -1.11. The van der Waals surface area contributed by atoms with Gasteiger partial charge in [0.2, 0.25) is 3.79 Å². The number of benzene rings is 2. The van der Waals surface area contributed by atoms with Gasteiger partial charge in [0.25, 0.3) is 0 Å². The lowest BCUT2D eigenvalue weighted by Gasteiger charge is -2.34. The summed E-state index contributed by atoms with van der Waals surface area (Å²) in [6, 6.07) is 10.1. The van der Waals surface area contributed by atoms with E-state index in [2.05, 4.69) is 0 Å². The first-order valence-electron chi connectivity index (χ1n) is 7.19. The van der Waals surface area contributed by atoms with Gasteiger partial charge in [-0.2, -0.15) is 0 Å². The van der Waals surface area contributed by atoms with Crippen LogP contribution in [0.3, 0.4) is 0 Å². The number of rotatable bonds is 2. The first-order valence-corrected chi connectivity index (χ1v) is 10.2. The maximum atomic E-state index is 13.1. The molecule has 2 unspecified atom stereocenters. The predicted octanol–water partition coefficient (Wildman–Crippen LogP) is 6.96. The van der Waals surface area contributed by atoms with Gasteiger partial charge in [-0.1, -0.05) is 64.6 Å². The van der Waals surface area contributed by atoms with Crippen molar-refractivity contribution < 1.29 is 18.1 Å². The molecule has 1 aliphatic heterocycles. The van der Waals surface area contributed by atoms with E-state index < -0.39 is 17.7 Å².